The molecule has 1 atom stereocenters. The van der Waals surface area contributed by atoms with E-state index in [4.69, 9.17) is 0 Å². The Morgan fingerprint density at radius 3 is 2.12 bits per heavy atom. The van der Waals surface area contributed by atoms with Gasteiger partial charge in [0.05, 0.1) is 10.6 Å². The van der Waals surface area contributed by atoms with Crippen molar-refractivity contribution in [3.05, 3.63) is 94.8 Å². The Bertz CT molecular complexity index is 1440. The van der Waals surface area contributed by atoms with Crippen molar-refractivity contribution in [2.24, 2.45) is 0 Å². The van der Waals surface area contributed by atoms with Gasteiger partial charge in [0.1, 0.15) is 18.4 Å². The molecule has 1 N–H and O–H groups in total. The highest BCUT2D eigenvalue weighted by molar-refractivity contribution is 7.92. The van der Waals surface area contributed by atoms with Crippen molar-refractivity contribution >= 4 is 27.5 Å². The molecule has 40 heavy (non-hydrogen) atoms. The minimum Gasteiger partial charge on any atom is -0.352 e. The van der Waals surface area contributed by atoms with Gasteiger partial charge in [-0.25, -0.2) is 12.8 Å². The summed E-state index contributed by atoms with van der Waals surface area (Å²) in [6.07, 6.45) is 0.305. The molecule has 3 aromatic rings. The monoisotopic (exact) mass is 567 g/mol. The topological polar surface area (TPSA) is 86.8 Å². The number of nitrogens with one attached hydrogen (secondary N) is 1. The molecule has 0 saturated carbocycles. The number of hydrogen-bond donors (Lipinski definition) is 1. The lowest BCUT2D eigenvalue weighted by Gasteiger charge is -2.34. The van der Waals surface area contributed by atoms with E-state index in [1.807, 2.05) is 40.7 Å². The third-order valence-corrected chi connectivity index (χ3v) is 8.59. The fourth-order valence-electron chi connectivity index (χ4n) is 4.44. The van der Waals surface area contributed by atoms with Crippen LogP contribution in [0.25, 0.3) is 0 Å². The Balaban J connectivity index is 2.10. The van der Waals surface area contributed by atoms with Gasteiger partial charge >= 0.3 is 0 Å². The van der Waals surface area contributed by atoms with E-state index in [2.05, 4.69) is 5.32 Å². The number of carbonyl (C=O) groups is 2. The van der Waals surface area contributed by atoms with Gasteiger partial charge in [-0.1, -0.05) is 48.9 Å². The van der Waals surface area contributed by atoms with Gasteiger partial charge in [-0.15, -0.1) is 0 Å². The first-order valence-corrected chi connectivity index (χ1v) is 14.8. The Hall–Kier alpha value is -3.72. The van der Waals surface area contributed by atoms with Crippen LogP contribution in [0, 0.1) is 26.6 Å². The first-order chi connectivity index (χ1) is 18.8. The molecule has 0 bridgehead atoms. The predicted octanol–water partition coefficient (Wildman–Crippen LogP) is 5.28. The van der Waals surface area contributed by atoms with Crippen LogP contribution in [0.4, 0.5) is 10.1 Å². The molecule has 9 heteroatoms. The number of hydrogen-bond acceptors (Lipinski definition) is 4. The maximum atomic E-state index is 14.1. The van der Waals surface area contributed by atoms with E-state index in [9.17, 15) is 22.4 Å². The summed E-state index contributed by atoms with van der Waals surface area (Å²) in [5.74, 6) is -1.31. The summed E-state index contributed by atoms with van der Waals surface area (Å²) in [7, 11) is -4.15. The zero-order chi connectivity index (χ0) is 29.6. The molecule has 1 unspecified atom stereocenters. The number of carbonyl (C=O) groups excluding carboxylic acids is 2. The van der Waals surface area contributed by atoms with E-state index >= 15 is 0 Å². The lowest BCUT2D eigenvalue weighted by atomic mass is 10.1. The third kappa shape index (κ3) is 7.27. The molecule has 7 nitrogen and oxygen atoms in total. The summed E-state index contributed by atoms with van der Waals surface area (Å²) < 4.78 is 42.8. The molecule has 0 spiro atoms. The minimum absolute atomic E-state index is 0.00829. The molecule has 214 valence electrons. The zero-order valence-corrected chi connectivity index (χ0v) is 24.8. The second-order valence-corrected chi connectivity index (χ2v) is 12.1. The summed E-state index contributed by atoms with van der Waals surface area (Å²) >= 11 is 0. The molecule has 0 saturated heterocycles. The number of benzene rings is 3. The number of amides is 2. The molecule has 3 aromatic carbocycles. The van der Waals surface area contributed by atoms with E-state index in [0.717, 1.165) is 21.0 Å². The molecular weight excluding hydrogens is 529 g/mol. The SMILES string of the molecule is CCC(C(=O)NC(C)C)N(Cc1ccc(F)cc1)C(=O)CN(c1cccc(C)c1C)S(=O)(=O)c1ccc(C)cc1. The van der Waals surface area contributed by atoms with E-state index < -0.39 is 34.3 Å². The third-order valence-electron chi connectivity index (χ3n) is 6.82. The molecule has 0 aliphatic carbocycles. The van der Waals surface area contributed by atoms with Crippen LogP contribution in [0.5, 0.6) is 0 Å². The average molecular weight is 568 g/mol. The fourth-order valence-corrected chi connectivity index (χ4v) is 5.91. The van der Waals surface area contributed by atoms with Crippen molar-refractivity contribution in [2.45, 2.75) is 71.5 Å². The Kier molecular flexibility index (Phi) is 10.1. The van der Waals surface area contributed by atoms with E-state index in [-0.39, 0.29) is 23.4 Å². The lowest BCUT2D eigenvalue weighted by molar-refractivity contribution is -0.140. The quantitative estimate of drug-likeness (QED) is 0.342. The summed E-state index contributed by atoms with van der Waals surface area (Å²) in [6, 6.07) is 16.4. The van der Waals surface area contributed by atoms with Crippen LogP contribution in [0.2, 0.25) is 0 Å². The average Bonchev–Trinajstić information content (AvgIpc) is 2.89. The van der Waals surface area contributed by atoms with Gasteiger partial charge in [0.25, 0.3) is 10.0 Å². The highest BCUT2D eigenvalue weighted by Gasteiger charge is 2.34. The first kappa shape index (κ1) is 30.8. The van der Waals surface area contributed by atoms with Gasteiger partial charge in [-0.2, -0.15) is 0 Å². The molecular formula is C31H38FN3O4S. The first-order valence-electron chi connectivity index (χ1n) is 13.3. The number of sulfonamides is 1. The standard InChI is InChI=1S/C31H38FN3O4S/c1-7-28(31(37)33-21(2)3)34(19-25-13-15-26(32)16-14-25)30(36)20-35(29-10-8-9-23(5)24(29)6)40(38,39)27-17-11-22(4)12-18-27/h8-18,21,28H,7,19-20H2,1-6H3,(H,33,37). The van der Waals surface area contributed by atoms with Crippen molar-refractivity contribution in [2.75, 3.05) is 10.8 Å². The van der Waals surface area contributed by atoms with Crippen LogP contribution in [0.3, 0.4) is 0 Å². The number of aryl methyl sites for hydroxylation is 2. The van der Waals surface area contributed by atoms with Gasteiger partial charge in [-0.3, -0.25) is 13.9 Å². The molecule has 0 heterocycles. The molecule has 3 rings (SSSR count). The van der Waals surface area contributed by atoms with Crippen LogP contribution >= 0.6 is 0 Å². The summed E-state index contributed by atoms with van der Waals surface area (Å²) in [4.78, 5) is 28.7. The van der Waals surface area contributed by atoms with Gasteiger partial charge in [-0.05, 0) is 88.1 Å². The van der Waals surface area contributed by atoms with Crippen molar-refractivity contribution < 1.29 is 22.4 Å². The Morgan fingerprint density at radius 1 is 0.925 bits per heavy atom. The maximum absolute atomic E-state index is 14.1. The van der Waals surface area contributed by atoms with E-state index in [1.54, 1.807) is 43.3 Å². The van der Waals surface area contributed by atoms with Gasteiger partial charge in [0, 0.05) is 12.6 Å². The largest absolute Gasteiger partial charge is 0.352 e. The van der Waals surface area contributed by atoms with Crippen LogP contribution < -0.4 is 9.62 Å². The van der Waals surface area contributed by atoms with Crippen LogP contribution in [-0.2, 0) is 26.2 Å². The van der Waals surface area contributed by atoms with Crippen molar-refractivity contribution in [1.82, 2.24) is 10.2 Å². The van der Waals surface area contributed by atoms with E-state index in [0.29, 0.717) is 17.7 Å². The van der Waals surface area contributed by atoms with Crippen molar-refractivity contribution in [3.8, 4) is 0 Å². The molecule has 0 aliphatic heterocycles. The summed E-state index contributed by atoms with van der Waals surface area (Å²) in [5.41, 5.74) is 3.50. The number of rotatable bonds is 11. The van der Waals surface area contributed by atoms with E-state index in [1.165, 1.54) is 29.2 Å². The fraction of sp³-hybridized carbons (Fsp3) is 0.355. The molecule has 0 radical (unpaired) electrons. The van der Waals surface area contributed by atoms with Crippen molar-refractivity contribution in [1.29, 1.82) is 0 Å². The van der Waals surface area contributed by atoms with Crippen molar-refractivity contribution in [3.63, 3.8) is 0 Å². The highest BCUT2D eigenvalue weighted by atomic mass is 32.2. The summed E-state index contributed by atoms with van der Waals surface area (Å²) in [5, 5.41) is 2.86. The predicted molar refractivity (Wildman–Crippen MR) is 156 cm³/mol. The highest BCUT2D eigenvalue weighted by Crippen LogP contribution is 2.29. The Labute approximate surface area is 237 Å². The van der Waals surface area contributed by atoms with Gasteiger partial charge < -0.3 is 10.2 Å². The Morgan fingerprint density at radius 2 is 1.55 bits per heavy atom. The van der Waals surface area contributed by atoms with Crippen LogP contribution in [0.1, 0.15) is 49.4 Å². The molecule has 2 amide bonds. The lowest BCUT2D eigenvalue weighted by Crippen LogP contribution is -2.53. The van der Waals surface area contributed by atoms with Gasteiger partial charge in [0.2, 0.25) is 11.8 Å². The van der Waals surface area contributed by atoms with Crippen LogP contribution in [0.15, 0.2) is 71.6 Å². The van der Waals surface area contributed by atoms with Crippen LogP contribution in [-0.4, -0.2) is 43.8 Å². The second kappa shape index (κ2) is 13.1. The minimum atomic E-state index is -4.15. The second-order valence-electron chi connectivity index (χ2n) is 10.3. The molecule has 0 aromatic heterocycles. The number of anilines is 1. The molecule has 0 aliphatic rings. The maximum Gasteiger partial charge on any atom is 0.264 e. The number of nitrogens with zero attached hydrogens (tertiary/aromatic N) is 2. The smallest absolute Gasteiger partial charge is 0.264 e. The zero-order valence-electron chi connectivity index (χ0n) is 23.9. The molecule has 0 fully saturated rings. The normalized spacial score (nSPS) is 12.2. The summed E-state index contributed by atoms with van der Waals surface area (Å²) in [6.45, 7) is 10.5. The van der Waals surface area contributed by atoms with Gasteiger partial charge in [0.15, 0.2) is 0 Å². The number of halogens is 1.